The molecule has 4 heteroatoms. The first-order valence-electron chi connectivity index (χ1n) is 6.22. The molecule has 0 spiro atoms. The molecule has 1 N–H and O–H groups in total. The minimum absolute atomic E-state index is 0.414. The molecule has 2 nitrogen and oxygen atoms in total. The molecule has 0 aromatic heterocycles. The molecule has 0 radical (unpaired) electrons. The summed E-state index contributed by atoms with van der Waals surface area (Å²) >= 11 is 0. The summed E-state index contributed by atoms with van der Waals surface area (Å²) in [6.45, 7) is 3.38. The molecule has 1 unspecified atom stereocenters. The highest BCUT2D eigenvalue weighted by Gasteiger charge is 2.06. The molecule has 0 bridgehead atoms. The topological polar surface area (TPSA) is 21.3 Å². The maximum atomic E-state index is 12.1. The van der Waals surface area contributed by atoms with Gasteiger partial charge in [0.2, 0.25) is 0 Å². The van der Waals surface area contributed by atoms with Gasteiger partial charge in [0.25, 0.3) is 6.43 Å². The summed E-state index contributed by atoms with van der Waals surface area (Å²) in [5, 5.41) is 3.05. The van der Waals surface area contributed by atoms with E-state index in [4.69, 9.17) is 4.74 Å². The van der Waals surface area contributed by atoms with Crippen LogP contribution in [0, 0.1) is 0 Å². The van der Waals surface area contributed by atoms with Crippen LogP contribution >= 0.6 is 0 Å². The van der Waals surface area contributed by atoms with Gasteiger partial charge in [-0.2, -0.15) is 0 Å². The number of allylic oxidation sites excluding steroid dienone is 3. The van der Waals surface area contributed by atoms with E-state index in [-0.39, 0.29) is 0 Å². The third-order valence-corrected chi connectivity index (χ3v) is 2.20. The molecule has 0 heterocycles. The van der Waals surface area contributed by atoms with E-state index in [1.807, 2.05) is 20.0 Å². The molecule has 0 rings (SSSR count). The van der Waals surface area contributed by atoms with Crippen molar-refractivity contribution in [1.82, 2.24) is 5.32 Å². The van der Waals surface area contributed by atoms with Crippen LogP contribution in [0.1, 0.15) is 26.7 Å². The Bertz CT molecular complexity index is 286. The molecule has 0 aliphatic heterocycles. The number of alkyl halides is 2. The Hall–Kier alpha value is -1.16. The molecule has 1 atom stereocenters. The second kappa shape index (κ2) is 11.0. The summed E-state index contributed by atoms with van der Waals surface area (Å²) in [4.78, 5) is 0. The van der Waals surface area contributed by atoms with Crippen LogP contribution in [0.4, 0.5) is 8.78 Å². The number of likely N-dealkylation sites (N-methyl/N-ethyl adjacent to an activating group) is 1. The molecule has 104 valence electrons. The van der Waals surface area contributed by atoms with Gasteiger partial charge in [0.1, 0.15) is 6.61 Å². The summed E-state index contributed by atoms with van der Waals surface area (Å²) in [5.41, 5.74) is 0.965. The number of hydrogen-bond acceptors (Lipinski definition) is 2. The molecule has 18 heavy (non-hydrogen) atoms. The van der Waals surface area contributed by atoms with Gasteiger partial charge in [0.05, 0.1) is 6.10 Å². The highest BCUT2D eigenvalue weighted by molar-refractivity contribution is 5.19. The number of ether oxygens (including phenoxy) is 1. The molecule has 0 aromatic rings. The van der Waals surface area contributed by atoms with Gasteiger partial charge in [0.15, 0.2) is 0 Å². The van der Waals surface area contributed by atoms with Gasteiger partial charge in [-0.25, -0.2) is 8.78 Å². The second-order valence-corrected chi connectivity index (χ2v) is 3.77. The predicted octanol–water partition coefficient (Wildman–Crippen LogP) is 3.67. The van der Waals surface area contributed by atoms with Crippen molar-refractivity contribution in [3.8, 4) is 0 Å². The molecular formula is C14H23F2NO. The fourth-order valence-electron chi connectivity index (χ4n) is 1.30. The van der Waals surface area contributed by atoms with Crippen molar-refractivity contribution in [2.45, 2.75) is 39.2 Å². The largest absolute Gasteiger partial charge is 0.388 e. The number of rotatable bonds is 9. The lowest BCUT2D eigenvalue weighted by atomic mass is 10.2. The fourth-order valence-corrected chi connectivity index (χ4v) is 1.30. The summed E-state index contributed by atoms with van der Waals surface area (Å²) in [6.07, 6.45) is 8.41. The lowest BCUT2D eigenvalue weighted by molar-refractivity contribution is 0.00758. The van der Waals surface area contributed by atoms with Gasteiger partial charge >= 0.3 is 0 Å². The minimum Gasteiger partial charge on any atom is -0.388 e. The van der Waals surface area contributed by atoms with E-state index in [9.17, 15) is 8.78 Å². The number of halogens is 2. The van der Waals surface area contributed by atoms with E-state index in [0.717, 1.165) is 18.5 Å². The Morgan fingerprint density at radius 3 is 2.56 bits per heavy atom. The first kappa shape index (κ1) is 16.8. The van der Waals surface area contributed by atoms with Gasteiger partial charge in [-0.05, 0) is 19.4 Å². The molecule has 0 aliphatic rings. The molecule has 0 saturated carbocycles. The van der Waals surface area contributed by atoms with E-state index < -0.39 is 19.1 Å². The van der Waals surface area contributed by atoms with Gasteiger partial charge in [-0.15, -0.1) is 0 Å². The lowest BCUT2D eigenvalue weighted by Gasteiger charge is -2.10. The van der Waals surface area contributed by atoms with Crippen LogP contribution in [-0.4, -0.2) is 26.2 Å². The van der Waals surface area contributed by atoms with Crippen molar-refractivity contribution in [3.05, 3.63) is 36.1 Å². The smallest absolute Gasteiger partial charge is 0.261 e. The minimum atomic E-state index is -2.44. The molecule has 0 aliphatic carbocycles. The van der Waals surface area contributed by atoms with Crippen molar-refractivity contribution in [3.63, 3.8) is 0 Å². The average molecular weight is 259 g/mol. The van der Waals surface area contributed by atoms with Crippen molar-refractivity contribution >= 4 is 0 Å². The Morgan fingerprint density at radius 2 is 2.06 bits per heavy atom. The van der Waals surface area contributed by atoms with Crippen LogP contribution < -0.4 is 5.32 Å². The standard InChI is InChI=1S/C14H23F2NO/c1-4-6-8-12(17-3)9-10-13(7-5-2)18-11-14(15)16/h5,7-10,13-14,17H,4,6,11H2,1-3H3/b7-5-,10-9-,12-8-. The third kappa shape index (κ3) is 8.93. The molecular weight excluding hydrogens is 236 g/mol. The molecule has 0 aromatic carbocycles. The quantitative estimate of drug-likeness (QED) is 0.504. The Kier molecular flexibility index (Phi) is 10.3. The molecule has 0 fully saturated rings. The van der Waals surface area contributed by atoms with E-state index in [0.29, 0.717) is 0 Å². The fraction of sp³-hybridized carbons (Fsp3) is 0.571. The van der Waals surface area contributed by atoms with Crippen LogP contribution in [0.2, 0.25) is 0 Å². The van der Waals surface area contributed by atoms with Crippen molar-refractivity contribution in [2.75, 3.05) is 13.7 Å². The monoisotopic (exact) mass is 259 g/mol. The zero-order valence-electron chi connectivity index (χ0n) is 11.3. The average Bonchev–Trinajstić information content (AvgIpc) is 2.35. The van der Waals surface area contributed by atoms with Crippen LogP contribution in [0.5, 0.6) is 0 Å². The van der Waals surface area contributed by atoms with Gasteiger partial charge in [-0.1, -0.05) is 37.6 Å². The maximum Gasteiger partial charge on any atom is 0.261 e. The van der Waals surface area contributed by atoms with Crippen LogP contribution in [0.3, 0.4) is 0 Å². The highest BCUT2D eigenvalue weighted by atomic mass is 19.3. The van der Waals surface area contributed by atoms with E-state index in [1.54, 1.807) is 18.2 Å². The summed E-state index contributed by atoms with van der Waals surface area (Å²) in [7, 11) is 1.83. The zero-order valence-corrected chi connectivity index (χ0v) is 11.3. The Morgan fingerprint density at radius 1 is 1.33 bits per heavy atom. The van der Waals surface area contributed by atoms with E-state index >= 15 is 0 Å². The zero-order chi connectivity index (χ0) is 13.8. The number of nitrogens with one attached hydrogen (secondary N) is 1. The highest BCUT2D eigenvalue weighted by Crippen LogP contribution is 2.04. The van der Waals surface area contributed by atoms with Crippen LogP contribution in [-0.2, 0) is 4.74 Å². The molecule has 0 saturated heterocycles. The summed E-state index contributed by atoms with van der Waals surface area (Å²) in [5.74, 6) is 0. The summed E-state index contributed by atoms with van der Waals surface area (Å²) < 4.78 is 29.2. The van der Waals surface area contributed by atoms with Gasteiger partial charge in [0, 0.05) is 12.7 Å². The Labute approximate surface area is 108 Å². The van der Waals surface area contributed by atoms with Gasteiger partial charge in [-0.3, -0.25) is 0 Å². The number of hydrogen-bond donors (Lipinski definition) is 1. The van der Waals surface area contributed by atoms with Gasteiger partial charge < -0.3 is 10.1 Å². The Balaban J connectivity index is 4.44. The first-order chi connectivity index (χ1) is 8.63. The second-order valence-electron chi connectivity index (χ2n) is 3.77. The van der Waals surface area contributed by atoms with Crippen LogP contribution in [0.15, 0.2) is 36.1 Å². The van der Waals surface area contributed by atoms with E-state index in [1.165, 1.54) is 0 Å². The molecule has 0 amide bonds. The predicted molar refractivity (Wildman–Crippen MR) is 71.7 cm³/mol. The number of unbranched alkanes of at least 4 members (excludes halogenated alkanes) is 1. The SMILES string of the molecule is C/C=C\C(/C=C\C(=C\CCC)NC)OCC(F)F. The first-order valence-corrected chi connectivity index (χ1v) is 6.22. The van der Waals surface area contributed by atoms with Crippen molar-refractivity contribution < 1.29 is 13.5 Å². The van der Waals surface area contributed by atoms with E-state index in [2.05, 4.69) is 18.3 Å². The van der Waals surface area contributed by atoms with Crippen LogP contribution in [0.25, 0.3) is 0 Å². The normalized spacial score (nSPS) is 14.9. The lowest BCUT2D eigenvalue weighted by Crippen LogP contribution is -2.13. The third-order valence-electron chi connectivity index (χ3n) is 2.20. The maximum absolute atomic E-state index is 12.1. The van der Waals surface area contributed by atoms with Crippen molar-refractivity contribution in [2.24, 2.45) is 0 Å². The summed E-state index contributed by atoms with van der Waals surface area (Å²) in [6, 6.07) is 0. The van der Waals surface area contributed by atoms with Crippen molar-refractivity contribution in [1.29, 1.82) is 0 Å².